The zero-order chi connectivity index (χ0) is 15.7. The standard InChI is InChI=1S/C15H14FN3O3/c1-9-8-12(19-22-9)18-14(21)15(6-7-15)13(20)17-11-5-3-2-4-10(11)16/h2-5,8H,6-7H2,1H3,(H,17,20)(H,18,19,21). The third-order valence-corrected chi connectivity index (χ3v) is 3.61. The Hall–Kier alpha value is -2.70. The fourth-order valence-corrected chi connectivity index (χ4v) is 2.15. The molecule has 1 aromatic carbocycles. The zero-order valence-electron chi connectivity index (χ0n) is 11.9. The summed E-state index contributed by atoms with van der Waals surface area (Å²) < 4.78 is 18.4. The van der Waals surface area contributed by atoms with Gasteiger partial charge in [-0.3, -0.25) is 9.59 Å². The van der Waals surface area contributed by atoms with Crippen LogP contribution in [-0.2, 0) is 9.59 Å². The van der Waals surface area contributed by atoms with Gasteiger partial charge >= 0.3 is 0 Å². The number of amides is 2. The molecule has 0 spiro atoms. The van der Waals surface area contributed by atoms with E-state index in [4.69, 9.17) is 4.52 Å². The van der Waals surface area contributed by atoms with Crippen LogP contribution in [0.4, 0.5) is 15.9 Å². The quantitative estimate of drug-likeness (QED) is 0.850. The molecule has 2 amide bonds. The first-order chi connectivity index (χ1) is 10.5. The molecule has 0 bridgehead atoms. The molecule has 1 aliphatic carbocycles. The van der Waals surface area contributed by atoms with Crippen molar-refractivity contribution in [2.24, 2.45) is 5.41 Å². The molecule has 1 aromatic heterocycles. The number of nitrogens with one attached hydrogen (secondary N) is 2. The van der Waals surface area contributed by atoms with E-state index in [-0.39, 0.29) is 11.5 Å². The monoisotopic (exact) mass is 303 g/mol. The maximum Gasteiger partial charge on any atom is 0.241 e. The topological polar surface area (TPSA) is 84.2 Å². The average Bonchev–Trinajstić information content (AvgIpc) is 3.21. The number of carbonyl (C=O) groups excluding carboxylic acids is 2. The van der Waals surface area contributed by atoms with Crippen molar-refractivity contribution in [3.05, 3.63) is 41.9 Å². The number of carbonyl (C=O) groups is 2. The van der Waals surface area contributed by atoms with Crippen LogP contribution in [0.5, 0.6) is 0 Å². The molecule has 0 atom stereocenters. The first-order valence-electron chi connectivity index (χ1n) is 6.82. The highest BCUT2D eigenvalue weighted by Gasteiger charge is 2.56. The lowest BCUT2D eigenvalue weighted by molar-refractivity contribution is -0.131. The summed E-state index contributed by atoms with van der Waals surface area (Å²) in [5, 5.41) is 8.67. The van der Waals surface area contributed by atoms with Crippen molar-refractivity contribution in [1.82, 2.24) is 5.16 Å². The van der Waals surface area contributed by atoms with Gasteiger partial charge in [0.1, 0.15) is 17.0 Å². The minimum atomic E-state index is -1.17. The van der Waals surface area contributed by atoms with Gasteiger partial charge in [0.05, 0.1) is 5.69 Å². The summed E-state index contributed by atoms with van der Waals surface area (Å²) in [5.74, 6) is -0.715. The Balaban J connectivity index is 1.71. The lowest BCUT2D eigenvalue weighted by Crippen LogP contribution is -2.35. The number of aryl methyl sites for hydroxylation is 1. The lowest BCUT2D eigenvalue weighted by Gasteiger charge is -2.14. The van der Waals surface area contributed by atoms with Crippen molar-refractivity contribution in [3.8, 4) is 0 Å². The van der Waals surface area contributed by atoms with Crippen molar-refractivity contribution in [2.45, 2.75) is 19.8 Å². The van der Waals surface area contributed by atoms with Gasteiger partial charge in [0.15, 0.2) is 5.82 Å². The van der Waals surface area contributed by atoms with Crippen LogP contribution in [0.2, 0.25) is 0 Å². The maximum atomic E-state index is 13.6. The third kappa shape index (κ3) is 2.57. The van der Waals surface area contributed by atoms with Gasteiger partial charge in [0, 0.05) is 6.07 Å². The van der Waals surface area contributed by atoms with E-state index in [2.05, 4.69) is 15.8 Å². The average molecular weight is 303 g/mol. The summed E-state index contributed by atoms with van der Waals surface area (Å²) in [6.07, 6.45) is 0.825. The van der Waals surface area contributed by atoms with Crippen molar-refractivity contribution in [1.29, 1.82) is 0 Å². The molecule has 114 valence electrons. The minimum absolute atomic E-state index is 0.0591. The molecule has 3 rings (SSSR count). The van der Waals surface area contributed by atoms with E-state index in [1.165, 1.54) is 18.2 Å². The molecule has 0 saturated heterocycles. The molecule has 1 aliphatic rings. The van der Waals surface area contributed by atoms with Crippen molar-refractivity contribution in [2.75, 3.05) is 10.6 Å². The highest BCUT2D eigenvalue weighted by molar-refractivity contribution is 6.16. The molecular weight excluding hydrogens is 289 g/mol. The molecular formula is C15H14FN3O3. The number of hydrogen-bond donors (Lipinski definition) is 2. The molecule has 1 fully saturated rings. The Morgan fingerprint density at radius 3 is 2.50 bits per heavy atom. The van der Waals surface area contributed by atoms with Crippen LogP contribution in [0, 0.1) is 18.2 Å². The molecule has 2 N–H and O–H groups in total. The summed E-state index contributed by atoms with van der Waals surface area (Å²) in [6.45, 7) is 1.69. The first kappa shape index (κ1) is 14.2. The van der Waals surface area contributed by atoms with Gasteiger partial charge in [-0.1, -0.05) is 17.3 Å². The van der Waals surface area contributed by atoms with Crippen molar-refractivity contribution >= 4 is 23.3 Å². The molecule has 6 nitrogen and oxygen atoms in total. The Bertz CT molecular complexity index is 737. The van der Waals surface area contributed by atoms with E-state index in [1.54, 1.807) is 19.1 Å². The van der Waals surface area contributed by atoms with Gasteiger partial charge in [-0.15, -0.1) is 0 Å². The molecule has 1 saturated carbocycles. The lowest BCUT2D eigenvalue weighted by atomic mass is 10.0. The summed E-state index contributed by atoms with van der Waals surface area (Å²) >= 11 is 0. The number of para-hydroxylation sites is 1. The molecule has 0 aliphatic heterocycles. The summed E-state index contributed by atoms with van der Waals surface area (Å²) in [4.78, 5) is 24.6. The van der Waals surface area contributed by atoms with Crippen LogP contribution >= 0.6 is 0 Å². The van der Waals surface area contributed by atoms with E-state index in [0.29, 0.717) is 18.6 Å². The summed E-state index contributed by atoms with van der Waals surface area (Å²) in [6, 6.07) is 7.38. The van der Waals surface area contributed by atoms with Crippen LogP contribution in [0.3, 0.4) is 0 Å². The number of halogens is 1. The van der Waals surface area contributed by atoms with Crippen LogP contribution in [-0.4, -0.2) is 17.0 Å². The van der Waals surface area contributed by atoms with Crippen LogP contribution in [0.15, 0.2) is 34.9 Å². The molecule has 22 heavy (non-hydrogen) atoms. The number of nitrogens with zero attached hydrogens (tertiary/aromatic N) is 1. The fraction of sp³-hybridized carbons (Fsp3) is 0.267. The maximum absolute atomic E-state index is 13.6. The SMILES string of the molecule is Cc1cc(NC(=O)C2(C(=O)Nc3ccccc3F)CC2)no1. The molecule has 0 radical (unpaired) electrons. The highest BCUT2D eigenvalue weighted by Crippen LogP contribution is 2.47. The van der Waals surface area contributed by atoms with E-state index in [0.717, 1.165) is 0 Å². The Morgan fingerprint density at radius 1 is 1.23 bits per heavy atom. The van der Waals surface area contributed by atoms with Gasteiger partial charge < -0.3 is 15.2 Å². The van der Waals surface area contributed by atoms with Crippen molar-refractivity contribution < 1.29 is 18.5 Å². The van der Waals surface area contributed by atoms with Crippen LogP contribution in [0.1, 0.15) is 18.6 Å². The van der Waals surface area contributed by atoms with E-state index in [9.17, 15) is 14.0 Å². The number of rotatable bonds is 4. The Labute approximate surface area is 125 Å². The predicted molar refractivity (Wildman–Crippen MR) is 76.6 cm³/mol. The number of benzene rings is 1. The van der Waals surface area contributed by atoms with Crippen LogP contribution < -0.4 is 10.6 Å². The second kappa shape index (κ2) is 5.25. The molecule has 0 unspecified atom stereocenters. The smallest absolute Gasteiger partial charge is 0.241 e. The zero-order valence-corrected chi connectivity index (χ0v) is 11.9. The second-order valence-corrected chi connectivity index (χ2v) is 5.29. The van der Waals surface area contributed by atoms with Gasteiger partial charge in [-0.2, -0.15) is 0 Å². The number of anilines is 2. The Kier molecular flexibility index (Phi) is 3.40. The Morgan fingerprint density at radius 2 is 1.91 bits per heavy atom. The largest absolute Gasteiger partial charge is 0.360 e. The summed E-state index contributed by atoms with van der Waals surface area (Å²) in [7, 11) is 0. The molecule has 2 aromatic rings. The van der Waals surface area contributed by atoms with Gasteiger partial charge in [-0.05, 0) is 31.9 Å². The first-order valence-corrected chi connectivity index (χ1v) is 6.82. The van der Waals surface area contributed by atoms with E-state index >= 15 is 0 Å². The molecule has 7 heteroatoms. The predicted octanol–water partition coefficient (Wildman–Crippen LogP) is 2.48. The number of aromatic nitrogens is 1. The van der Waals surface area contributed by atoms with Gasteiger partial charge in [0.25, 0.3) is 0 Å². The van der Waals surface area contributed by atoms with Gasteiger partial charge in [-0.25, -0.2) is 4.39 Å². The normalized spacial score (nSPS) is 15.2. The fourth-order valence-electron chi connectivity index (χ4n) is 2.15. The van der Waals surface area contributed by atoms with E-state index < -0.39 is 23.0 Å². The molecule has 1 heterocycles. The van der Waals surface area contributed by atoms with Gasteiger partial charge in [0.2, 0.25) is 11.8 Å². The summed E-state index contributed by atoms with van der Waals surface area (Å²) in [5.41, 5.74) is -1.11. The highest BCUT2D eigenvalue weighted by atomic mass is 19.1. The number of hydrogen-bond acceptors (Lipinski definition) is 4. The minimum Gasteiger partial charge on any atom is -0.360 e. The van der Waals surface area contributed by atoms with E-state index in [1.807, 2.05) is 0 Å². The third-order valence-electron chi connectivity index (χ3n) is 3.61. The second-order valence-electron chi connectivity index (χ2n) is 5.29. The van der Waals surface area contributed by atoms with Crippen LogP contribution in [0.25, 0.3) is 0 Å². The van der Waals surface area contributed by atoms with Crippen molar-refractivity contribution in [3.63, 3.8) is 0 Å².